The van der Waals surface area contributed by atoms with Crippen molar-refractivity contribution >= 4 is 27.7 Å². The molecule has 1 aliphatic rings. The van der Waals surface area contributed by atoms with Crippen LogP contribution in [0, 0.1) is 6.92 Å². The Hall–Kier alpha value is -2.78. The van der Waals surface area contributed by atoms with E-state index in [1.165, 1.54) is 16.0 Å². The van der Waals surface area contributed by atoms with Gasteiger partial charge in [-0.1, -0.05) is 30.3 Å². The molecule has 1 fully saturated rings. The number of rotatable bonds is 4. The van der Waals surface area contributed by atoms with E-state index in [1.807, 2.05) is 43.3 Å². The number of piperazine rings is 1. The molecule has 0 bridgehead atoms. The van der Waals surface area contributed by atoms with E-state index in [0.717, 1.165) is 17.1 Å². The summed E-state index contributed by atoms with van der Waals surface area (Å²) < 4.78 is 28.4. The van der Waals surface area contributed by atoms with Crippen LogP contribution in [0.25, 0.3) is 11.9 Å². The van der Waals surface area contributed by atoms with Crippen LogP contribution in [0.15, 0.2) is 48.1 Å². The molecule has 1 saturated heterocycles. The molecule has 3 aromatic rings. The SMILES string of the molecule is Cc1cc(N2CCN(S(=O)(=O)/C=C/c3ccccc3)CC2)n2ncnc2n1. The first-order chi connectivity index (χ1) is 13.0. The molecule has 0 saturated carbocycles. The highest BCUT2D eigenvalue weighted by Gasteiger charge is 2.26. The average Bonchev–Trinajstić information content (AvgIpc) is 3.15. The molecule has 4 rings (SSSR count). The maximum Gasteiger partial charge on any atom is 0.254 e. The zero-order valence-electron chi connectivity index (χ0n) is 14.9. The van der Waals surface area contributed by atoms with Crippen molar-refractivity contribution in [2.45, 2.75) is 6.92 Å². The highest BCUT2D eigenvalue weighted by molar-refractivity contribution is 7.92. The monoisotopic (exact) mass is 384 g/mol. The van der Waals surface area contributed by atoms with Gasteiger partial charge in [-0.3, -0.25) is 0 Å². The molecule has 1 aromatic carbocycles. The Bertz CT molecular complexity index is 1070. The van der Waals surface area contributed by atoms with Crippen LogP contribution in [-0.2, 0) is 10.0 Å². The summed E-state index contributed by atoms with van der Waals surface area (Å²) in [5, 5.41) is 5.51. The topological polar surface area (TPSA) is 83.7 Å². The van der Waals surface area contributed by atoms with E-state index in [0.29, 0.717) is 32.0 Å². The van der Waals surface area contributed by atoms with Crippen LogP contribution in [0.2, 0.25) is 0 Å². The van der Waals surface area contributed by atoms with Crippen molar-refractivity contribution in [3.63, 3.8) is 0 Å². The van der Waals surface area contributed by atoms with E-state index in [-0.39, 0.29) is 0 Å². The number of hydrogen-bond donors (Lipinski definition) is 0. The van der Waals surface area contributed by atoms with Crippen LogP contribution in [0.5, 0.6) is 0 Å². The number of fused-ring (bicyclic) bond motifs is 1. The zero-order chi connectivity index (χ0) is 18.9. The summed E-state index contributed by atoms with van der Waals surface area (Å²) in [5.41, 5.74) is 1.71. The first kappa shape index (κ1) is 17.6. The van der Waals surface area contributed by atoms with Crippen molar-refractivity contribution in [3.05, 3.63) is 59.4 Å². The lowest BCUT2D eigenvalue weighted by Crippen LogP contribution is -2.48. The molecule has 3 heterocycles. The molecule has 8 nitrogen and oxygen atoms in total. The summed E-state index contributed by atoms with van der Waals surface area (Å²) in [6.07, 6.45) is 3.10. The van der Waals surface area contributed by atoms with E-state index in [1.54, 1.807) is 10.6 Å². The Morgan fingerprint density at radius 2 is 1.81 bits per heavy atom. The van der Waals surface area contributed by atoms with E-state index < -0.39 is 10.0 Å². The smallest absolute Gasteiger partial charge is 0.254 e. The average molecular weight is 384 g/mol. The minimum atomic E-state index is -3.45. The molecule has 0 amide bonds. The molecule has 0 atom stereocenters. The van der Waals surface area contributed by atoms with Gasteiger partial charge in [0.15, 0.2) is 0 Å². The molecule has 1 aliphatic heterocycles. The summed E-state index contributed by atoms with van der Waals surface area (Å²) in [6, 6.07) is 11.4. The summed E-state index contributed by atoms with van der Waals surface area (Å²) in [6.45, 7) is 3.90. The quantitative estimate of drug-likeness (QED) is 0.679. The minimum absolute atomic E-state index is 0.416. The molecular formula is C18H20N6O2S. The fourth-order valence-corrected chi connectivity index (χ4v) is 4.30. The van der Waals surface area contributed by atoms with Crippen molar-refractivity contribution in [1.29, 1.82) is 0 Å². The third-order valence-electron chi connectivity index (χ3n) is 4.52. The highest BCUT2D eigenvalue weighted by atomic mass is 32.2. The maximum absolute atomic E-state index is 12.6. The number of benzene rings is 1. The second-order valence-electron chi connectivity index (χ2n) is 6.37. The standard InChI is InChI=1S/C18H20N6O2S/c1-15-13-17(24-18(21-15)19-14-20-24)22-8-10-23(11-9-22)27(25,26)12-7-16-5-3-2-4-6-16/h2-7,12-14H,8-11H2,1H3/b12-7+. The van der Waals surface area contributed by atoms with Crippen molar-refractivity contribution < 1.29 is 8.42 Å². The third-order valence-corrected chi connectivity index (χ3v) is 6.08. The van der Waals surface area contributed by atoms with Crippen LogP contribution in [0.4, 0.5) is 5.82 Å². The van der Waals surface area contributed by atoms with Gasteiger partial charge in [0.1, 0.15) is 12.1 Å². The molecule has 9 heteroatoms. The first-order valence-electron chi connectivity index (χ1n) is 8.68. The Morgan fingerprint density at radius 3 is 2.56 bits per heavy atom. The van der Waals surface area contributed by atoms with Gasteiger partial charge in [-0.15, -0.1) is 0 Å². The summed E-state index contributed by atoms with van der Waals surface area (Å²) in [7, 11) is -3.45. The van der Waals surface area contributed by atoms with Gasteiger partial charge in [-0.05, 0) is 18.6 Å². The molecule has 140 valence electrons. The van der Waals surface area contributed by atoms with Crippen molar-refractivity contribution in [2.24, 2.45) is 0 Å². The Kier molecular flexibility index (Phi) is 4.63. The number of hydrogen-bond acceptors (Lipinski definition) is 6. The highest BCUT2D eigenvalue weighted by Crippen LogP contribution is 2.19. The minimum Gasteiger partial charge on any atom is -0.354 e. The lowest BCUT2D eigenvalue weighted by atomic mass is 10.2. The summed E-state index contributed by atoms with van der Waals surface area (Å²) in [4.78, 5) is 10.6. The second-order valence-corrected chi connectivity index (χ2v) is 8.19. The van der Waals surface area contributed by atoms with Crippen molar-refractivity contribution in [2.75, 3.05) is 31.1 Å². The molecule has 0 radical (unpaired) electrons. The van der Waals surface area contributed by atoms with E-state index in [9.17, 15) is 8.42 Å². The number of sulfonamides is 1. The lowest BCUT2D eigenvalue weighted by molar-refractivity contribution is 0.388. The fraction of sp³-hybridized carbons (Fsp3) is 0.278. The molecule has 0 unspecified atom stereocenters. The summed E-state index contributed by atoms with van der Waals surface area (Å²) >= 11 is 0. The first-order valence-corrected chi connectivity index (χ1v) is 10.2. The van der Waals surface area contributed by atoms with Gasteiger partial charge in [-0.25, -0.2) is 13.4 Å². The van der Waals surface area contributed by atoms with Gasteiger partial charge in [0, 0.05) is 43.3 Å². The van der Waals surface area contributed by atoms with Gasteiger partial charge in [-0.2, -0.15) is 18.9 Å². The van der Waals surface area contributed by atoms with Crippen LogP contribution < -0.4 is 4.90 Å². The Labute approximate surface area is 157 Å². The number of anilines is 1. The second kappa shape index (κ2) is 7.09. The van der Waals surface area contributed by atoms with Gasteiger partial charge < -0.3 is 4.90 Å². The van der Waals surface area contributed by atoms with E-state index in [4.69, 9.17) is 0 Å². The predicted molar refractivity (Wildman–Crippen MR) is 104 cm³/mol. The summed E-state index contributed by atoms with van der Waals surface area (Å²) in [5.74, 6) is 1.43. The van der Waals surface area contributed by atoms with Gasteiger partial charge in [0.05, 0.1) is 0 Å². The van der Waals surface area contributed by atoms with Crippen molar-refractivity contribution in [1.82, 2.24) is 23.9 Å². The van der Waals surface area contributed by atoms with Crippen LogP contribution in [-0.4, -0.2) is 58.5 Å². The molecule has 27 heavy (non-hydrogen) atoms. The normalized spacial score (nSPS) is 16.4. The van der Waals surface area contributed by atoms with Crippen molar-refractivity contribution in [3.8, 4) is 0 Å². The van der Waals surface area contributed by atoms with E-state index in [2.05, 4.69) is 20.0 Å². The number of aromatic nitrogens is 4. The fourth-order valence-electron chi connectivity index (χ4n) is 3.12. The Balaban J connectivity index is 1.48. The zero-order valence-corrected chi connectivity index (χ0v) is 15.7. The molecule has 0 spiro atoms. The van der Waals surface area contributed by atoms with Gasteiger partial charge in [0.2, 0.25) is 10.0 Å². The molecule has 0 aliphatic carbocycles. The maximum atomic E-state index is 12.6. The number of nitrogens with zero attached hydrogens (tertiary/aromatic N) is 6. The molecular weight excluding hydrogens is 364 g/mol. The Morgan fingerprint density at radius 1 is 1.07 bits per heavy atom. The molecule has 2 aromatic heterocycles. The van der Waals surface area contributed by atoms with Crippen LogP contribution in [0.3, 0.4) is 0 Å². The van der Waals surface area contributed by atoms with E-state index >= 15 is 0 Å². The van der Waals surface area contributed by atoms with Crippen LogP contribution in [0.1, 0.15) is 11.3 Å². The number of aryl methyl sites for hydroxylation is 1. The lowest BCUT2D eigenvalue weighted by Gasteiger charge is -2.34. The molecule has 0 N–H and O–H groups in total. The van der Waals surface area contributed by atoms with Crippen LogP contribution >= 0.6 is 0 Å². The van der Waals surface area contributed by atoms with Gasteiger partial charge >= 0.3 is 0 Å². The third kappa shape index (κ3) is 3.69. The predicted octanol–water partition coefficient (Wildman–Crippen LogP) is 1.56. The largest absolute Gasteiger partial charge is 0.354 e. The van der Waals surface area contributed by atoms with Gasteiger partial charge in [0.25, 0.3) is 5.78 Å².